The van der Waals surface area contributed by atoms with Crippen molar-refractivity contribution in [1.29, 1.82) is 0 Å². The zero-order valence-corrected chi connectivity index (χ0v) is 16.4. The fourth-order valence-electron chi connectivity index (χ4n) is 3.48. The molecular formula is C20H20F2N4O2S. The van der Waals surface area contributed by atoms with Crippen molar-refractivity contribution in [3.05, 3.63) is 51.0 Å². The number of aryl methyl sites for hydroxylation is 2. The van der Waals surface area contributed by atoms with Crippen LogP contribution in [0.3, 0.4) is 0 Å². The van der Waals surface area contributed by atoms with Crippen LogP contribution in [0.1, 0.15) is 68.4 Å². The fourth-order valence-corrected chi connectivity index (χ4v) is 4.63. The van der Waals surface area contributed by atoms with Gasteiger partial charge in [0.25, 0.3) is 18.2 Å². The van der Waals surface area contributed by atoms with Crippen LogP contribution in [0.2, 0.25) is 0 Å². The maximum absolute atomic E-state index is 12.7. The highest BCUT2D eigenvalue weighted by Gasteiger charge is 2.18. The summed E-state index contributed by atoms with van der Waals surface area (Å²) in [6, 6.07) is 6.28. The molecule has 2 amide bonds. The molecule has 1 aromatic carbocycles. The molecule has 1 aliphatic carbocycles. The molecule has 2 aromatic heterocycles. The van der Waals surface area contributed by atoms with Gasteiger partial charge < -0.3 is 4.98 Å². The van der Waals surface area contributed by atoms with Gasteiger partial charge in [-0.05, 0) is 55.5 Å². The zero-order chi connectivity index (χ0) is 20.4. The second kappa shape index (κ2) is 8.28. The largest absolute Gasteiger partial charge is 0.337 e. The van der Waals surface area contributed by atoms with Gasteiger partial charge in [0, 0.05) is 10.4 Å². The lowest BCUT2D eigenvalue weighted by molar-refractivity contribution is 0.0849. The van der Waals surface area contributed by atoms with Crippen LogP contribution in [0.5, 0.6) is 0 Å². The Balaban J connectivity index is 1.42. The topological polar surface area (TPSA) is 86.9 Å². The van der Waals surface area contributed by atoms with Crippen LogP contribution in [0, 0.1) is 0 Å². The lowest BCUT2D eigenvalue weighted by atomic mass is 10.00. The second-order valence-corrected chi connectivity index (χ2v) is 8.17. The molecule has 2 heterocycles. The molecule has 0 spiro atoms. The van der Waals surface area contributed by atoms with Crippen molar-refractivity contribution in [2.45, 2.75) is 45.0 Å². The summed E-state index contributed by atoms with van der Waals surface area (Å²) >= 11 is 1.47. The van der Waals surface area contributed by atoms with E-state index in [0.29, 0.717) is 15.9 Å². The molecule has 0 fully saturated rings. The van der Waals surface area contributed by atoms with Crippen LogP contribution in [0.25, 0.3) is 11.0 Å². The Kier molecular flexibility index (Phi) is 5.57. The van der Waals surface area contributed by atoms with Crippen LogP contribution in [0.4, 0.5) is 8.78 Å². The zero-order valence-electron chi connectivity index (χ0n) is 15.6. The van der Waals surface area contributed by atoms with Crippen molar-refractivity contribution in [2.75, 3.05) is 0 Å². The average molecular weight is 418 g/mol. The third-order valence-corrected chi connectivity index (χ3v) is 6.21. The minimum atomic E-state index is -2.72. The number of imidazole rings is 1. The number of H-pyrrole nitrogens is 1. The molecule has 0 radical (unpaired) electrons. The molecule has 29 heavy (non-hydrogen) atoms. The van der Waals surface area contributed by atoms with Crippen molar-refractivity contribution >= 4 is 34.2 Å². The molecule has 4 rings (SSSR count). The maximum Gasteiger partial charge on any atom is 0.295 e. The van der Waals surface area contributed by atoms with E-state index in [2.05, 4.69) is 20.8 Å². The Hall–Kier alpha value is -2.81. The third-order valence-electron chi connectivity index (χ3n) is 4.98. The average Bonchev–Trinajstić information content (AvgIpc) is 3.29. The first kappa shape index (κ1) is 19.5. The lowest BCUT2D eigenvalue weighted by Crippen LogP contribution is -2.41. The Bertz CT molecular complexity index is 1030. The van der Waals surface area contributed by atoms with E-state index in [1.54, 1.807) is 0 Å². The highest BCUT2D eigenvalue weighted by Crippen LogP contribution is 2.28. The standard InChI is InChI=1S/C20H20F2N4O2S/c21-17(22)18-23-13-8-7-12(9-14(13)24-18)19(27)25-26-20(28)16-10-11-5-3-1-2-4-6-15(11)29-16/h7-10,17H,1-6H2,(H,23,24)(H,25,27)(H,26,28). The molecule has 0 unspecified atom stereocenters. The van der Waals surface area contributed by atoms with Gasteiger partial charge in [-0.25, -0.2) is 13.8 Å². The number of alkyl halides is 2. The predicted octanol–water partition coefficient (Wildman–Crippen LogP) is 4.30. The number of halogens is 2. The maximum atomic E-state index is 12.7. The van der Waals surface area contributed by atoms with Crippen molar-refractivity contribution in [2.24, 2.45) is 0 Å². The number of rotatable bonds is 3. The van der Waals surface area contributed by atoms with Crippen LogP contribution < -0.4 is 10.9 Å². The third kappa shape index (κ3) is 4.29. The van der Waals surface area contributed by atoms with Gasteiger partial charge in [-0.15, -0.1) is 11.3 Å². The molecule has 0 saturated heterocycles. The highest BCUT2D eigenvalue weighted by atomic mass is 32.1. The van der Waals surface area contributed by atoms with Crippen LogP contribution in [-0.2, 0) is 12.8 Å². The van der Waals surface area contributed by atoms with Crippen molar-refractivity contribution in [3.8, 4) is 0 Å². The molecule has 0 aliphatic heterocycles. The van der Waals surface area contributed by atoms with E-state index < -0.39 is 18.2 Å². The molecule has 3 aromatic rings. The van der Waals surface area contributed by atoms with Gasteiger partial charge in [0.15, 0.2) is 5.82 Å². The number of benzene rings is 1. The van der Waals surface area contributed by atoms with Gasteiger partial charge >= 0.3 is 0 Å². The van der Waals surface area contributed by atoms with Crippen LogP contribution >= 0.6 is 11.3 Å². The number of nitrogens with zero attached hydrogens (tertiary/aromatic N) is 1. The smallest absolute Gasteiger partial charge is 0.295 e. The first-order chi connectivity index (χ1) is 14.0. The summed E-state index contributed by atoms with van der Waals surface area (Å²) in [5.41, 5.74) is 6.94. The summed E-state index contributed by atoms with van der Waals surface area (Å²) in [7, 11) is 0. The summed E-state index contributed by atoms with van der Waals surface area (Å²) in [6.07, 6.45) is 3.95. The normalized spacial score (nSPS) is 14.3. The lowest BCUT2D eigenvalue weighted by Gasteiger charge is -2.07. The predicted molar refractivity (Wildman–Crippen MR) is 106 cm³/mol. The van der Waals surface area contributed by atoms with Gasteiger partial charge in [-0.3, -0.25) is 20.4 Å². The molecule has 152 valence electrons. The molecule has 6 nitrogen and oxygen atoms in total. The van der Waals surface area contributed by atoms with E-state index in [9.17, 15) is 18.4 Å². The fraction of sp³-hybridized carbons (Fsp3) is 0.350. The Morgan fingerprint density at radius 1 is 1.03 bits per heavy atom. The SMILES string of the molecule is O=C(NNC(=O)c1cc2c(s1)CCCCCC2)c1ccc2nc(C(F)F)[nH]c2c1. The number of fused-ring (bicyclic) bond motifs is 2. The van der Waals surface area contributed by atoms with Gasteiger partial charge in [-0.1, -0.05) is 12.8 Å². The summed E-state index contributed by atoms with van der Waals surface area (Å²) in [6.45, 7) is 0. The number of nitrogens with one attached hydrogen (secondary N) is 3. The quantitative estimate of drug-likeness (QED) is 0.555. The minimum Gasteiger partial charge on any atom is -0.337 e. The number of amides is 2. The monoisotopic (exact) mass is 418 g/mol. The summed E-state index contributed by atoms with van der Waals surface area (Å²) < 4.78 is 25.5. The number of carbonyl (C=O) groups is 2. The van der Waals surface area contributed by atoms with Gasteiger partial charge in [0.2, 0.25) is 0 Å². The van der Waals surface area contributed by atoms with E-state index >= 15 is 0 Å². The Morgan fingerprint density at radius 2 is 1.79 bits per heavy atom. The van der Waals surface area contributed by atoms with Crippen LogP contribution in [-0.4, -0.2) is 21.8 Å². The van der Waals surface area contributed by atoms with Crippen molar-refractivity contribution in [1.82, 2.24) is 20.8 Å². The highest BCUT2D eigenvalue weighted by molar-refractivity contribution is 7.14. The number of aromatic amines is 1. The molecule has 0 bridgehead atoms. The minimum absolute atomic E-state index is 0.223. The first-order valence-corrected chi connectivity index (χ1v) is 10.3. The molecular weight excluding hydrogens is 398 g/mol. The molecule has 0 saturated carbocycles. The number of aromatic nitrogens is 2. The molecule has 1 aliphatic rings. The second-order valence-electron chi connectivity index (χ2n) is 7.04. The summed E-state index contributed by atoms with van der Waals surface area (Å²) in [5, 5.41) is 0. The van der Waals surface area contributed by atoms with E-state index in [4.69, 9.17) is 0 Å². The number of carbonyl (C=O) groups excluding carboxylic acids is 2. The molecule has 0 atom stereocenters. The van der Waals surface area contributed by atoms with E-state index in [0.717, 1.165) is 25.7 Å². The van der Waals surface area contributed by atoms with E-state index in [-0.39, 0.29) is 11.5 Å². The summed E-state index contributed by atoms with van der Waals surface area (Å²) in [5.74, 6) is -1.35. The van der Waals surface area contributed by atoms with Gasteiger partial charge in [0.05, 0.1) is 15.9 Å². The number of hydrogen-bond acceptors (Lipinski definition) is 4. The molecule has 9 heteroatoms. The van der Waals surface area contributed by atoms with E-state index in [1.165, 1.54) is 52.8 Å². The van der Waals surface area contributed by atoms with Crippen LogP contribution in [0.15, 0.2) is 24.3 Å². The Morgan fingerprint density at radius 3 is 2.59 bits per heavy atom. The number of hydrogen-bond donors (Lipinski definition) is 3. The molecule has 3 N–H and O–H groups in total. The summed E-state index contributed by atoms with van der Waals surface area (Å²) in [4.78, 5) is 32.9. The Labute approximate surface area is 169 Å². The first-order valence-electron chi connectivity index (χ1n) is 9.51. The van der Waals surface area contributed by atoms with Crippen molar-refractivity contribution < 1.29 is 18.4 Å². The number of hydrazine groups is 1. The van der Waals surface area contributed by atoms with Crippen molar-refractivity contribution in [3.63, 3.8) is 0 Å². The number of thiophene rings is 1. The van der Waals surface area contributed by atoms with E-state index in [1.807, 2.05) is 6.07 Å². The van der Waals surface area contributed by atoms with Gasteiger partial charge in [0.1, 0.15) is 0 Å². The van der Waals surface area contributed by atoms with Gasteiger partial charge in [-0.2, -0.15) is 0 Å².